The molecule has 20 heavy (non-hydrogen) atoms. The minimum atomic E-state index is 0.845. The van der Waals surface area contributed by atoms with Gasteiger partial charge in [-0.1, -0.05) is 31.8 Å². The van der Waals surface area contributed by atoms with Crippen LogP contribution in [0.15, 0.2) is 23.8 Å². The molecule has 0 fully saturated rings. The maximum absolute atomic E-state index is 5.34. The smallest absolute Gasteiger partial charge is 0.123 e. The number of hydrogen-bond acceptors (Lipinski definition) is 2. The molecule has 2 nitrogen and oxygen atoms in total. The number of rotatable bonds is 8. The molecule has 1 rings (SSSR count). The van der Waals surface area contributed by atoms with Gasteiger partial charge >= 0.3 is 0 Å². The number of hydrogen-bond donors (Lipinski definition) is 0. The molecule has 0 unspecified atom stereocenters. The Bertz CT molecular complexity index is 424. The van der Waals surface area contributed by atoms with Crippen molar-refractivity contribution >= 4 is 5.57 Å². The average Bonchev–Trinajstić information content (AvgIpc) is 2.49. The average molecular weight is 276 g/mol. The summed E-state index contributed by atoms with van der Waals surface area (Å²) in [6, 6.07) is 6.06. The summed E-state index contributed by atoms with van der Waals surface area (Å²) in [5.74, 6) is 1.69. The van der Waals surface area contributed by atoms with Gasteiger partial charge in [0.05, 0.1) is 14.2 Å². The van der Waals surface area contributed by atoms with Crippen LogP contribution in [-0.2, 0) is 0 Å². The van der Waals surface area contributed by atoms with E-state index in [1.54, 1.807) is 14.2 Å². The van der Waals surface area contributed by atoms with Gasteiger partial charge < -0.3 is 9.47 Å². The molecule has 0 aliphatic carbocycles. The number of benzene rings is 1. The molecular formula is C18H28O2. The molecule has 0 radical (unpaired) electrons. The van der Waals surface area contributed by atoms with E-state index in [0.717, 1.165) is 11.5 Å². The van der Waals surface area contributed by atoms with Gasteiger partial charge in [0.2, 0.25) is 0 Å². The fourth-order valence-electron chi connectivity index (χ4n) is 2.27. The monoisotopic (exact) mass is 276 g/mol. The van der Waals surface area contributed by atoms with Crippen LogP contribution >= 0.6 is 0 Å². The van der Waals surface area contributed by atoms with Crippen LogP contribution in [0.4, 0.5) is 0 Å². The highest BCUT2D eigenvalue weighted by Crippen LogP contribution is 2.29. The molecule has 0 aliphatic heterocycles. The fraction of sp³-hybridized carbons (Fsp3) is 0.556. The molecule has 0 aromatic heterocycles. The van der Waals surface area contributed by atoms with E-state index < -0.39 is 0 Å². The Balaban J connectivity index is 2.85. The van der Waals surface area contributed by atoms with Crippen molar-refractivity contribution in [2.45, 2.75) is 52.9 Å². The van der Waals surface area contributed by atoms with E-state index in [0.29, 0.717) is 0 Å². The molecule has 0 N–H and O–H groups in total. The van der Waals surface area contributed by atoms with Gasteiger partial charge in [0.25, 0.3) is 0 Å². The lowest BCUT2D eigenvalue weighted by atomic mass is 9.98. The predicted molar refractivity (Wildman–Crippen MR) is 86.6 cm³/mol. The lowest BCUT2D eigenvalue weighted by Crippen LogP contribution is -1.92. The first kappa shape index (κ1) is 16.6. The standard InChI is InChI=1S/C18H28O2/c1-6-7-8-9-10-14(2)15(3)16-11-17(19-4)13-18(12-16)20-5/h11-13H,6-10H2,1-5H3/b15-14+. The van der Waals surface area contributed by atoms with Crippen molar-refractivity contribution in [3.8, 4) is 11.5 Å². The quantitative estimate of drug-likeness (QED) is 0.586. The van der Waals surface area contributed by atoms with E-state index in [-0.39, 0.29) is 0 Å². The number of methoxy groups -OCH3 is 2. The third-order valence-electron chi connectivity index (χ3n) is 3.83. The first-order chi connectivity index (χ1) is 9.62. The SMILES string of the molecule is CCCCCC/C(C)=C(\C)c1cc(OC)cc(OC)c1. The van der Waals surface area contributed by atoms with Crippen molar-refractivity contribution < 1.29 is 9.47 Å². The number of unbranched alkanes of at least 4 members (excludes halogenated alkanes) is 3. The van der Waals surface area contributed by atoms with Crippen molar-refractivity contribution in [1.29, 1.82) is 0 Å². The van der Waals surface area contributed by atoms with Gasteiger partial charge in [-0.2, -0.15) is 0 Å². The van der Waals surface area contributed by atoms with E-state index in [9.17, 15) is 0 Å². The van der Waals surface area contributed by atoms with Crippen molar-refractivity contribution in [2.24, 2.45) is 0 Å². The van der Waals surface area contributed by atoms with Crippen LogP contribution in [0.1, 0.15) is 58.4 Å². The van der Waals surface area contributed by atoms with E-state index >= 15 is 0 Å². The molecule has 0 bridgehead atoms. The second kappa shape index (κ2) is 8.68. The van der Waals surface area contributed by atoms with Crippen molar-refractivity contribution in [2.75, 3.05) is 14.2 Å². The maximum Gasteiger partial charge on any atom is 0.123 e. The zero-order chi connectivity index (χ0) is 15.0. The Hall–Kier alpha value is -1.44. The summed E-state index contributed by atoms with van der Waals surface area (Å²) in [6.07, 6.45) is 6.39. The van der Waals surface area contributed by atoms with Gasteiger partial charge in [-0.05, 0) is 50.0 Å². The summed E-state index contributed by atoms with van der Waals surface area (Å²) < 4.78 is 10.7. The molecule has 0 saturated heterocycles. The molecule has 0 spiro atoms. The molecule has 0 aliphatic rings. The Kier molecular flexibility index (Phi) is 7.21. The summed E-state index contributed by atoms with van der Waals surface area (Å²) in [7, 11) is 3.38. The molecule has 1 aromatic carbocycles. The third-order valence-corrected chi connectivity index (χ3v) is 3.83. The molecule has 0 saturated carbocycles. The number of ether oxygens (including phenoxy) is 2. The van der Waals surface area contributed by atoms with Crippen LogP contribution in [0.25, 0.3) is 5.57 Å². The fourth-order valence-corrected chi connectivity index (χ4v) is 2.27. The van der Waals surface area contributed by atoms with Crippen LogP contribution in [-0.4, -0.2) is 14.2 Å². The van der Waals surface area contributed by atoms with Crippen molar-refractivity contribution in [3.63, 3.8) is 0 Å². The van der Waals surface area contributed by atoms with Crippen LogP contribution in [0.5, 0.6) is 11.5 Å². The summed E-state index contributed by atoms with van der Waals surface area (Å²) in [5.41, 5.74) is 3.98. The summed E-state index contributed by atoms with van der Waals surface area (Å²) in [6.45, 7) is 6.66. The van der Waals surface area contributed by atoms with Gasteiger partial charge in [-0.3, -0.25) is 0 Å². The van der Waals surface area contributed by atoms with Crippen molar-refractivity contribution in [1.82, 2.24) is 0 Å². The normalized spacial score (nSPS) is 12.1. The number of allylic oxidation sites excluding steroid dienone is 2. The molecule has 2 heteroatoms. The lowest BCUT2D eigenvalue weighted by Gasteiger charge is -2.12. The largest absolute Gasteiger partial charge is 0.497 e. The predicted octanol–water partition coefficient (Wildman–Crippen LogP) is 5.47. The van der Waals surface area contributed by atoms with E-state index in [1.165, 1.54) is 48.8 Å². The lowest BCUT2D eigenvalue weighted by molar-refractivity contribution is 0.394. The molecule has 0 amide bonds. The van der Waals surface area contributed by atoms with Gasteiger partial charge in [0.15, 0.2) is 0 Å². The third kappa shape index (κ3) is 4.92. The van der Waals surface area contributed by atoms with Gasteiger partial charge in [-0.15, -0.1) is 0 Å². The molecule has 0 heterocycles. The van der Waals surface area contributed by atoms with E-state index in [4.69, 9.17) is 9.47 Å². The van der Waals surface area contributed by atoms with Crippen LogP contribution in [0, 0.1) is 0 Å². The van der Waals surface area contributed by atoms with Crippen LogP contribution in [0.3, 0.4) is 0 Å². The molecule has 1 aromatic rings. The van der Waals surface area contributed by atoms with Gasteiger partial charge in [-0.25, -0.2) is 0 Å². The highest BCUT2D eigenvalue weighted by Gasteiger charge is 2.06. The van der Waals surface area contributed by atoms with Crippen molar-refractivity contribution in [3.05, 3.63) is 29.3 Å². The second-order valence-corrected chi connectivity index (χ2v) is 5.32. The zero-order valence-corrected chi connectivity index (χ0v) is 13.6. The summed E-state index contributed by atoms with van der Waals surface area (Å²) in [5, 5.41) is 0. The van der Waals surface area contributed by atoms with Gasteiger partial charge in [0.1, 0.15) is 11.5 Å². The summed E-state index contributed by atoms with van der Waals surface area (Å²) in [4.78, 5) is 0. The zero-order valence-electron chi connectivity index (χ0n) is 13.6. The van der Waals surface area contributed by atoms with E-state index in [1.807, 2.05) is 6.07 Å². The Morgan fingerprint density at radius 3 is 2.00 bits per heavy atom. The molecular weight excluding hydrogens is 248 g/mol. The minimum absolute atomic E-state index is 0.845. The maximum atomic E-state index is 5.34. The Labute approximate surface area is 123 Å². The topological polar surface area (TPSA) is 18.5 Å². The first-order valence-electron chi connectivity index (χ1n) is 7.52. The van der Waals surface area contributed by atoms with Crippen LogP contribution in [0.2, 0.25) is 0 Å². The Morgan fingerprint density at radius 2 is 1.50 bits per heavy atom. The van der Waals surface area contributed by atoms with Gasteiger partial charge in [0, 0.05) is 6.07 Å². The highest BCUT2D eigenvalue weighted by atomic mass is 16.5. The highest BCUT2D eigenvalue weighted by molar-refractivity contribution is 5.69. The summed E-state index contributed by atoms with van der Waals surface area (Å²) >= 11 is 0. The molecule has 112 valence electrons. The second-order valence-electron chi connectivity index (χ2n) is 5.32. The minimum Gasteiger partial charge on any atom is -0.497 e. The van der Waals surface area contributed by atoms with E-state index in [2.05, 4.69) is 32.9 Å². The first-order valence-corrected chi connectivity index (χ1v) is 7.52. The Morgan fingerprint density at radius 1 is 0.900 bits per heavy atom. The molecule has 0 atom stereocenters. The van der Waals surface area contributed by atoms with Crippen LogP contribution < -0.4 is 9.47 Å².